The lowest BCUT2D eigenvalue weighted by Crippen LogP contribution is -2.09. The first-order valence-electron chi connectivity index (χ1n) is 5.91. The van der Waals surface area contributed by atoms with Crippen molar-refractivity contribution in [1.29, 1.82) is 0 Å². The largest absolute Gasteiger partial charge is 0.490 e. The van der Waals surface area contributed by atoms with E-state index in [2.05, 4.69) is 0 Å². The van der Waals surface area contributed by atoms with Crippen LogP contribution >= 0.6 is 0 Å². The van der Waals surface area contributed by atoms with Crippen LogP contribution in [-0.2, 0) is 4.79 Å². The maximum Gasteiger partial charge on any atom is 0.311 e. The standard InChI is InChI=1S/C13H16F2O3/c1-3-5-11(16)18-10-7-6-9(17-8-4-2)12(14)13(10)15/h6-7H,3-5,8H2,1-2H3. The van der Waals surface area contributed by atoms with Gasteiger partial charge < -0.3 is 9.47 Å². The minimum atomic E-state index is -1.20. The van der Waals surface area contributed by atoms with Gasteiger partial charge in [-0.25, -0.2) is 0 Å². The molecule has 100 valence electrons. The molecule has 1 aromatic carbocycles. The van der Waals surface area contributed by atoms with Gasteiger partial charge in [0.05, 0.1) is 6.61 Å². The Bertz CT molecular complexity index is 419. The molecule has 1 rings (SSSR count). The summed E-state index contributed by atoms with van der Waals surface area (Å²) in [6, 6.07) is 2.44. The molecule has 0 aromatic heterocycles. The Balaban J connectivity index is 2.83. The number of carbonyl (C=O) groups is 1. The fraction of sp³-hybridized carbons (Fsp3) is 0.462. The molecule has 0 bridgehead atoms. The van der Waals surface area contributed by atoms with Crippen LogP contribution in [0.2, 0.25) is 0 Å². The SMILES string of the molecule is CCCOc1ccc(OC(=O)CCC)c(F)c1F. The molecule has 0 radical (unpaired) electrons. The van der Waals surface area contributed by atoms with Crippen molar-refractivity contribution in [1.82, 2.24) is 0 Å². The van der Waals surface area contributed by atoms with Crippen LogP contribution < -0.4 is 9.47 Å². The second kappa shape index (κ2) is 6.93. The van der Waals surface area contributed by atoms with E-state index in [1.807, 2.05) is 6.92 Å². The topological polar surface area (TPSA) is 35.5 Å². The average Bonchev–Trinajstić information content (AvgIpc) is 2.34. The first-order valence-corrected chi connectivity index (χ1v) is 5.91. The Hall–Kier alpha value is -1.65. The third-order valence-corrected chi connectivity index (χ3v) is 2.15. The van der Waals surface area contributed by atoms with Gasteiger partial charge in [-0.2, -0.15) is 8.78 Å². The van der Waals surface area contributed by atoms with E-state index in [4.69, 9.17) is 9.47 Å². The Morgan fingerprint density at radius 3 is 2.33 bits per heavy atom. The van der Waals surface area contributed by atoms with E-state index >= 15 is 0 Å². The van der Waals surface area contributed by atoms with Gasteiger partial charge in [0.25, 0.3) is 0 Å². The zero-order chi connectivity index (χ0) is 13.5. The molecule has 3 nitrogen and oxygen atoms in total. The van der Waals surface area contributed by atoms with Crippen molar-refractivity contribution >= 4 is 5.97 Å². The molecule has 0 N–H and O–H groups in total. The minimum absolute atomic E-state index is 0.162. The molecule has 0 saturated carbocycles. The molecule has 0 atom stereocenters. The normalized spacial score (nSPS) is 10.2. The molecule has 0 spiro atoms. The summed E-state index contributed by atoms with van der Waals surface area (Å²) in [5.41, 5.74) is 0. The Morgan fingerprint density at radius 2 is 1.72 bits per heavy atom. The van der Waals surface area contributed by atoms with Crippen molar-refractivity contribution in [3.63, 3.8) is 0 Å². The Morgan fingerprint density at radius 1 is 1.11 bits per heavy atom. The van der Waals surface area contributed by atoms with Crippen molar-refractivity contribution in [3.05, 3.63) is 23.8 Å². The maximum absolute atomic E-state index is 13.6. The number of hydrogen-bond acceptors (Lipinski definition) is 3. The average molecular weight is 258 g/mol. The number of benzene rings is 1. The Kier molecular flexibility index (Phi) is 5.55. The molecule has 0 amide bonds. The van der Waals surface area contributed by atoms with E-state index in [0.29, 0.717) is 19.4 Å². The van der Waals surface area contributed by atoms with Crippen LogP contribution in [-0.4, -0.2) is 12.6 Å². The van der Waals surface area contributed by atoms with E-state index in [9.17, 15) is 13.6 Å². The van der Waals surface area contributed by atoms with Gasteiger partial charge in [0, 0.05) is 6.42 Å². The van der Waals surface area contributed by atoms with Gasteiger partial charge in [-0.05, 0) is 25.0 Å². The summed E-state index contributed by atoms with van der Waals surface area (Å²) < 4.78 is 36.8. The monoisotopic (exact) mass is 258 g/mol. The highest BCUT2D eigenvalue weighted by molar-refractivity contribution is 5.72. The maximum atomic E-state index is 13.6. The van der Waals surface area contributed by atoms with Crippen LogP contribution in [0.1, 0.15) is 33.1 Å². The van der Waals surface area contributed by atoms with Gasteiger partial charge >= 0.3 is 5.97 Å². The minimum Gasteiger partial charge on any atom is -0.490 e. The van der Waals surface area contributed by atoms with Crippen LogP contribution in [0.15, 0.2) is 12.1 Å². The van der Waals surface area contributed by atoms with Crippen molar-refractivity contribution in [2.24, 2.45) is 0 Å². The molecule has 0 aliphatic rings. The first kappa shape index (κ1) is 14.4. The summed E-state index contributed by atoms with van der Waals surface area (Å²) in [5.74, 6) is -3.50. The summed E-state index contributed by atoms with van der Waals surface area (Å²) in [6.45, 7) is 3.94. The molecule has 0 aliphatic carbocycles. The zero-order valence-corrected chi connectivity index (χ0v) is 10.5. The summed E-state index contributed by atoms with van der Waals surface area (Å²) in [4.78, 5) is 11.2. The van der Waals surface area contributed by atoms with Gasteiger partial charge in [-0.15, -0.1) is 0 Å². The third kappa shape index (κ3) is 3.68. The molecule has 0 saturated heterocycles. The molecule has 0 heterocycles. The van der Waals surface area contributed by atoms with E-state index < -0.39 is 23.4 Å². The van der Waals surface area contributed by atoms with Crippen molar-refractivity contribution in [2.75, 3.05) is 6.61 Å². The number of carbonyl (C=O) groups excluding carboxylic acids is 1. The number of esters is 1. The lowest BCUT2D eigenvalue weighted by molar-refractivity contribution is -0.134. The van der Waals surface area contributed by atoms with Gasteiger partial charge in [-0.1, -0.05) is 13.8 Å². The van der Waals surface area contributed by atoms with Gasteiger partial charge in [0.2, 0.25) is 11.6 Å². The quantitative estimate of drug-likeness (QED) is 0.579. The first-order chi connectivity index (χ1) is 8.60. The fourth-order valence-corrected chi connectivity index (χ4v) is 1.29. The molecule has 0 unspecified atom stereocenters. The number of halogens is 2. The summed E-state index contributed by atoms with van der Waals surface area (Å²) in [5, 5.41) is 0. The summed E-state index contributed by atoms with van der Waals surface area (Å²) >= 11 is 0. The lowest BCUT2D eigenvalue weighted by atomic mass is 10.3. The van der Waals surface area contributed by atoms with E-state index in [-0.39, 0.29) is 12.2 Å². The van der Waals surface area contributed by atoms with Gasteiger partial charge in [0.1, 0.15) is 0 Å². The molecule has 1 aromatic rings. The molecular formula is C13H16F2O3. The summed E-state index contributed by atoms with van der Waals surface area (Å²) in [7, 11) is 0. The highest BCUT2D eigenvalue weighted by atomic mass is 19.2. The Labute approximate surface area is 105 Å². The van der Waals surface area contributed by atoms with Gasteiger partial charge in [-0.3, -0.25) is 4.79 Å². The summed E-state index contributed by atoms with van der Waals surface area (Å²) in [6.07, 6.45) is 1.43. The molecule has 0 fully saturated rings. The molecule has 18 heavy (non-hydrogen) atoms. The van der Waals surface area contributed by atoms with E-state index in [0.717, 1.165) is 0 Å². The third-order valence-electron chi connectivity index (χ3n) is 2.15. The van der Waals surface area contributed by atoms with Crippen LogP contribution in [0.3, 0.4) is 0 Å². The van der Waals surface area contributed by atoms with E-state index in [1.165, 1.54) is 12.1 Å². The molecule has 0 aliphatic heterocycles. The van der Waals surface area contributed by atoms with Crippen LogP contribution in [0.4, 0.5) is 8.78 Å². The van der Waals surface area contributed by atoms with Crippen LogP contribution in [0, 0.1) is 11.6 Å². The number of hydrogen-bond donors (Lipinski definition) is 0. The second-order valence-corrected chi connectivity index (χ2v) is 3.76. The van der Waals surface area contributed by atoms with E-state index in [1.54, 1.807) is 6.92 Å². The van der Waals surface area contributed by atoms with Crippen molar-refractivity contribution in [3.8, 4) is 11.5 Å². The number of ether oxygens (including phenoxy) is 2. The fourth-order valence-electron chi connectivity index (χ4n) is 1.29. The van der Waals surface area contributed by atoms with Crippen molar-refractivity contribution < 1.29 is 23.0 Å². The smallest absolute Gasteiger partial charge is 0.311 e. The zero-order valence-electron chi connectivity index (χ0n) is 10.5. The van der Waals surface area contributed by atoms with Crippen LogP contribution in [0.25, 0.3) is 0 Å². The van der Waals surface area contributed by atoms with Crippen molar-refractivity contribution in [2.45, 2.75) is 33.1 Å². The predicted octanol–water partition coefficient (Wildman–Crippen LogP) is 3.46. The lowest BCUT2D eigenvalue weighted by Gasteiger charge is -2.09. The van der Waals surface area contributed by atoms with Crippen LogP contribution in [0.5, 0.6) is 11.5 Å². The molecular weight excluding hydrogens is 242 g/mol. The molecule has 5 heteroatoms. The second-order valence-electron chi connectivity index (χ2n) is 3.76. The highest BCUT2D eigenvalue weighted by Crippen LogP contribution is 2.27. The number of rotatable bonds is 6. The van der Waals surface area contributed by atoms with Gasteiger partial charge in [0.15, 0.2) is 11.5 Å². The highest BCUT2D eigenvalue weighted by Gasteiger charge is 2.17. The predicted molar refractivity (Wildman–Crippen MR) is 62.7 cm³/mol.